The molecule has 0 spiro atoms. The Morgan fingerprint density at radius 1 is 1.21 bits per heavy atom. The smallest absolute Gasteiger partial charge is 0.255 e. The first-order valence-corrected chi connectivity index (χ1v) is 9.81. The molecule has 2 aromatic carbocycles. The van der Waals surface area contributed by atoms with Crippen LogP contribution in [0.2, 0.25) is 0 Å². The van der Waals surface area contributed by atoms with Crippen LogP contribution >= 0.6 is 0 Å². The summed E-state index contributed by atoms with van der Waals surface area (Å²) in [4.78, 5) is 16.4. The number of nitrogens with two attached hydrogens (primary N) is 1. The van der Waals surface area contributed by atoms with Crippen LogP contribution < -0.4 is 15.2 Å². The quantitative estimate of drug-likeness (QED) is 0.642. The predicted octanol–water partition coefficient (Wildman–Crippen LogP) is 1.41. The first-order chi connectivity index (χ1) is 13.3. The molecule has 28 heavy (non-hydrogen) atoms. The Morgan fingerprint density at radius 2 is 1.93 bits per heavy atom. The highest BCUT2D eigenvalue weighted by Crippen LogP contribution is 2.23. The van der Waals surface area contributed by atoms with Crippen LogP contribution in [-0.4, -0.2) is 36.2 Å². The van der Waals surface area contributed by atoms with Gasteiger partial charge in [0.05, 0.1) is 29.3 Å². The number of carbonyl (C=O) groups excluding carboxylic acids is 1. The van der Waals surface area contributed by atoms with E-state index >= 15 is 0 Å². The Bertz CT molecular complexity index is 1080. The Hall–Kier alpha value is -3.24. The summed E-state index contributed by atoms with van der Waals surface area (Å²) < 4.78 is 29.9. The Morgan fingerprint density at radius 3 is 2.50 bits per heavy atom. The van der Waals surface area contributed by atoms with Crippen molar-refractivity contribution in [1.82, 2.24) is 20.1 Å². The van der Waals surface area contributed by atoms with Crippen molar-refractivity contribution in [3.05, 3.63) is 66.2 Å². The van der Waals surface area contributed by atoms with Crippen LogP contribution in [0.3, 0.4) is 0 Å². The summed E-state index contributed by atoms with van der Waals surface area (Å²) in [6.45, 7) is 1.82. The fourth-order valence-electron chi connectivity index (χ4n) is 2.66. The first kappa shape index (κ1) is 19.5. The van der Waals surface area contributed by atoms with E-state index in [1.807, 2.05) is 31.2 Å². The van der Waals surface area contributed by atoms with Gasteiger partial charge in [-0.05, 0) is 42.8 Å². The van der Waals surface area contributed by atoms with Gasteiger partial charge < -0.3 is 10.1 Å². The Labute approximate surface area is 162 Å². The van der Waals surface area contributed by atoms with Crippen molar-refractivity contribution in [1.29, 1.82) is 0 Å². The second-order valence-electron chi connectivity index (χ2n) is 6.03. The lowest BCUT2D eigenvalue weighted by atomic mass is 10.1. The van der Waals surface area contributed by atoms with Crippen molar-refractivity contribution in [3.8, 4) is 11.4 Å². The van der Waals surface area contributed by atoms with Crippen LogP contribution in [0.15, 0.2) is 60.0 Å². The molecule has 1 amide bonds. The molecule has 0 saturated carbocycles. The Kier molecular flexibility index (Phi) is 5.43. The molecule has 1 atom stereocenters. The molecular formula is C18H19N5O4S. The molecule has 1 heterocycles. The number of hydrogen-bond acceptors (Lipinski definition) is 6. The fraction of sp³-hybridized carbons (Fsp3) is 0.167. The van der Waals surface area contributed by atoms with Gasteiger partial charge in [0.1, 0.15) is 18.4 Å². The van der Waals surface area contributed by atoms with E-state index in [4.69, 9.17) is 9.88 Å². The molecule has 0 aliphatic carbocycles. The zero-order valence-electron chi connectivity index (χ0n) is 15.2. The molecule has 9 nitrogen and oxygen atoms in total. The number of carbonyl (C=O) groups is 1. The van der Waals surface area contributed by atoms with Gasteiger partial charge in [-0.2, -0.15) is 5.10 Å². The van der Waals surface area contributed by atoms with E-state index in [1.165, 1.54) is 31.6 Å². The van der Waals surface area contributed by atoms with Gasteiger partial charge in [0.2, 0.25) is 10.0 Å². The van der Waals surface area contributed by atoms with E-state index in [0.717, 1.165) is 11.3 Å². The highest BCUT2D eigenvalue weighted by molar-refractivity contribution is 7.89. The molecule has 3 rings (SSSR count). The lowest BCUT2D eigenvalue weighted by molar-refractivity contribution is 0.0936. The summed E-state index contributed by atoms with van der Waals surface area (Å²) >= 11 is 0. The number of ether oxygens (including phenoxy) is 1. The normalized spacial score (nSPS) is 12.4. The van der Waals surface area contributed by atoms with E-state index in [-0.39, 0.29) is 22.3 Å². The fourth-order valence-corrected chi connectivity index (χ4v) is 3.20. The minimum atomic E-state index is -3.94. The van der Waals surface area contributed by atoms with E-state index in [0.29, 0.717) is 0 Å². The summed E-state index contributed by atoms with van der Waals surface area (Å²) in [6, 6.07) is 11.0. The summed E-state index contributed by atoms with van der Waals surface area (Å²) in [5.74, 6) is -0.228. The number of aromatic nitrogens is 3. The van der Waals surface area contributed by atoms with Gasteiger partial charge in [-0.15, -0.1) is 0 Å². The zero-order chi connectivity index (χ0) is 20.3. The average Bonchev–Trinajstić information content (AvgIpc) is 3.21. The average molecular weight is 401 g/mol. The third kappa shape index (κ3) is 4.18. The van der Waals surface area contributed by atoms with Crippen LogP contribution in [0, 0.1) is 0 Å². The molecule has 0 aliphatic heterocycles. The van der Waals surface area contributed by atoms with Crippen molar-refractivity contribution in [3.63, 3.8) is 0 Å². The lowest BCUT2D eigenvalue weighted by Gasteiger charge is -2.16. The van der Waals surface area contributed by atoms with E-state index in [2.05, 4.69) is 15.4 Å². The molecule has 0 fully saturated rings. The van der Waals surface area contributed by atoms with Gasteiger partial charge in [0.15, 0.2) is 0 Å². The van der Waals surface area contributed by atoms with Crippen molar-refractivity contribution in [2.45, 2.75) is 17.9 Å². The zero-order valence-corrected chi connectivity index (χ0v) is 16.1. The second-order valence-corrected chi connectivity index (χ2v) is 7.60. The molecule has 0 radical (unpaired) electrons. The number of rotatable bonds is 6. The van der Waals surface area contributed by atoms with Gasteiger partial charge in [-0.3, -0.25) is 4.79 Å². The van der Waals surface area contributed by atoms with Gasteiger partial charge in [-0.25, -0.2) is 23.2 Å². The van der Waals surface area contributed by atoms with Crippen LogP contribution in [0.1, 0.15) is 28.9 Å². The maximum atomic E-state index is 12.7. The number of primary sulfonamides is 1. The molecule has 0 saturated heterocycles. The molecular weight excluding hydrogens is 382 g/mol. The second kappa shape index (κ2) is 7.79. The summed E-state index contributed by atoms with van der Waals surface area (Å²) in [5.41, 5.74) is 1.78. The van der Waals surface area contributed by atoms with Gasteiger partial charge in [0.25, 0.3) is 5.91 Å². The maximum absolute atomic E-state index is 12.7. The van der Waals surface area contributed by atoms with Crippen LogP contribution in [-0.2, 0) is 10.0 Å². The molecule has 146 valence electrons. The molecule has 3 aromatic rings. The molecule has 0 bridgehead atoms. The number of methoxy groups -OCH3 is 1. The number of sulfonamides is 1. The Balaban J connectivity index is 1.80. The summed E-state index contributed by atoms with van der Waals surface area (Å²) in [5, 5.41) is 12.0. The number of benzene rings is 2. The van der Waals surface area contributed by atoms with Crippen LogP contribution in [0.5, 0.6) is 5.75 Å². The van der Waals surface area contributed by atoms with Crippen molar-refractivity contribution < 1.29 is 17.9 Å². The highest BCUT2D eigenvalue weighted by Gasteiger charge is 2.19. The number of hydrogen-bond donors (Lipinski definition) is 2. The summed E-state index contributed by atoms with van der Waals surface area (Å²) in [7, 11) is -2.54. The number of nitrogens with zero attached hydrogens (tertiary/aromatic N) is 3. The molecule has 3 N–H and O–H groups in total. The van der Waals surface area contributed by atoms with Crippen molar-refractivity contribution >= 4 is 15.9 Å². The van der Waals surface area contributed by atoms with Crippen molar-refractivity contribution in [2.75, 3.05) is 7.11 Å². The largest absolute Gasteiger partial charge is 0.496 e. The summed E-state index contributed by atoms with van der Waals surface area (Å²) in [6.07, 6.45) is 3.03. The molecule has 1 unspecified atom stereocenters. The maximum Gasteiger partial charge on any atom is 0.255 e. The van der Waals surface area contributed by atoms with Crippen LogP contribution in [0.25, 0.3) is 5.69 Å². The topological polar surface area (TPSA) is 129 Å². The van der Waals surface area contributed by atoms with Crippen molar-refractivity contribution in [2.24, 2.45) is 5.14 Å². The monoisotopic (exact) mass is 401 g/mol. The SMILES string of the molecule is COc1ccc(S(N)(=O)=O)cc1C(=O)NC(C)c1ccc(-n2cncn2)cc1. The minimum Gasteiger partial charge on any atom is -0.496 e. The van der Waals surface area contributed by atoms with E-state index in [1.54, 1.807) is 11.0 Å². The lowest BCUT2D eigenvalue weighted by Crippen LogP contribution is -2.27. The molecule has 10 heteroatoms. The molecule has 0 aliphatic rings. The number of nitrogens with one attached hydrogen (secondary N) is 1. The first-order valence-electron chi connectivity index (χ1n) is 8.26. The minimum absolute atomic E-state index is 0.0834. The third-order valence-corrected chi connectivity index (χ3v) is 5.08. The van der Waals surface area contributed by atoms with Crippen LogP contribution in [0.4, 0.5) is 0 Å². The molecule has 1 aromatic heterocycles. The van der Waals surface area contributed by atoms with Gasteiger partial charge >= 0.3 is 0 Å². The number of amides is 1. The standard InChI is InChI=1S/C18H19N5O4S/c1-12(13-3-5-14(6-4-13)23-11-20-10-21-23)22-18(24)16-9-15(28(19,25)26)7-8-17(16)27-2/h3-12H,1-2H3,(H,22,24)(H2,19,25,26). The van der Waals surface area contributed by atoms with Gasteiger partial charge in [-0.1, -0.05) is 12.1 Å². The van der Waals surface area contributed by atoms with E-state index in [9.17, 15) is 13.2 Å². The van der Waals surface area contributed by atoms with E-state index < -0.39 is 15.9 Å². The third-order valence-electron chi connectivity index (χ3n) is 4.17. The van der Waals surface area contributed by atoms with Gasteiger partial charge in [0, 0.05) is 0 Å². The predicted molar refractivity (Wildman–Crippen MR) is 102 cm³/mol. The highest BCUT2D eigenvalue weighted by atomic mass is 32.2.